The van der Waals surface area contributed by atoms with Crippen molar-refractivity contribution in [1.82, 2.24) is 20.6 Å². The van der Waals surface area contributed by atoms with E-state index in [1.54, 1.807) is 7.05 Å². The van der Waals surface area contributed by atoms with Crippen LogP contribution in [0.2, 0.25) is 0 Å². The van der Waals surface area contributed by atoms with Gasteiger partial charge in [0.25, 0.3) is 0 Å². The molecule has 0 amide bonds. The first-order chi connectivity index (χ1) is 13.5. The normalized spacial score (nSPS) is 12.5. The van der Waals surface area contributed by atoms with Gasteiger partial charge in [0.05, 0.1) is 5.01 Å². The fourth-order valence-electron chi connectivity index (χ4n) is 2.89. The first-order valence-electron chi connectivity index (χ1n) is 8.98. The average Bonchev–Trinajstić information content (AvgIpc) is 3.31. The number of aromatic nitrogens is 2. The number of nitrogens with zero attached hydrogens (tertiary/aromatic N) is 2. The Bertz CT molecular complexity index is 929. The first kappa shape index (κ1) is 20.2. The average molecular weight is 409 g/mol. The third kappa shape index (κ3) is 5.25. The molecule has 9 heteroatoms. The number of para-hydroxylation sites is 1. The molecule has 0 radical (unpaired) electrons. The number of fused-ring (bicyclic) bond motifs is 1. The summed E-state index contributed by atoms with van der Waals surface area (Å²) in [6.07, 6.45) is -0.0559. The van der Waals surface area contributed by atoms with Crippen molar-refractivity contribution < 1.29 is 13.2 Å². The third-order valence-corrected chi connectivity index (χ3v) is 5.20. The summed E-state index contributed by atoms with van der Waals surface area (Å²) in [5.41, 5.74) is 1.59. The van der Waals surface area contributed by atoms with E-state index in [0.29, 0.717) is 23.9 Å². The molecule has 0 saturated carbocycles. The molecule has 0 saturated heterocycles. The minimum atomic E-state index is -4.38. The van der Waals surface area contributed by atoms with Crippen molar-refractivity contribution in [3.05, 3.63) is 52.1 Å². The van der Waals surface area contributed by atoms with Gasteiger partial charge < -0.3 is 15.6 Å². The number of hydrogen-bond acceptors (Lipinski definition) is 3. The molecule has 2 aromatic heterocycles. The molecule has 1 aromatic carbocycles. The van der Waals surface area contributed by atoms with Crippen molar-refractivity contribution in [2.45, 2.75) is 25.4 Å². The fraction of sp³-hybridized carbons (Fsp3) is 0.368. The van der Waals surface area contributed by atoms with E-state index in [0.717, 1.165) is 41.6 Å². The molecule has 0 aliphatic heterocycles. The number of aliphatic imine (C=N–C) groups is 1. The van der Waals surface area contributed by atoms with Crippen LogP contribution in [-0.4, -0.2) is 36.1 Å². The van der Waals surface area contributed by atoms with Gasteiger partial charge in [-0.15, -0.1) is 11.3 Å². The summed E-state index contributed by atoms with van der Waals surface area (Å²) < 4.78 is 37.7. The molecule has 0 aliphatic carbocycles. The van der Waals surface area contributed by atoms with Gasteiger partial charge in [-0.25, -0.2) is 4.98 Å². The molecule has 3 N–H and O–H groups in total. The van der Waals surface area contributed by atoms with Crippen molar-refractivity contribution in [1.29, 1.82) is 0 Å². The number of guanidine groups is 1. The zero-order chi connectivity index (χ0) is 20.0. The lowest BCUT2D eigenvalue weighted by Crippen LogP contribution is -2.38. The van der Waals surface area contributed by atoms with Crippen LogP contribution in [0.15, 0.2) is 40.8 Å². The Kier molecular flexibility index (Phi) is 6.56. The molecule has 2 heterocycles. The smallest absolute Gasteiger partial charge is 0.361 e. The molecule has 5 nitrogen and oxygen atoms in total. The number of thiazole rings is 1. The lowest BCUT2D eigenvalue weighted by Gasteiger charge is -2.11. The fourth-order valence-corrected chi connectivity index (χ4v) is 3.69. The minimum Gasteiger partial charge on any atom is -0.361 e. The van der Waals surface area contributed by atoms with Crippen LogP contribution in [0.3, 0.4) is 0 Å². The number of alkyl halides is 3. The number of halogens is 3. The standard InChI is InChI=1S/C19H22F3N5S/c1-23-18(25-10-8-17-27-16(12-28-17)19(20,21)22)24-9-4-5-13-11-26-15-7-3-2-6-14(13)15/h2-3,6-7,11-12,26H,4-5,8-10H2,1H3,(H2,23,24,25). The van der Waals surface area contributed by atoms with Gasteiger partial charge >= 0.3 is 6.18 Å². The Labute approximate surface area is 165 Å². The van der Waals surface area contributed by atoms with Gasteiger partial charge in [-0.1, -0.05) is 18.2 Å². The lowest BCUT2D eigenvalue weighted by molar-refractivity contribution is -0.140. The van der Waals surface area contributed by atoms with Gasteiger partial charge in [0.2, 0.25) is 0 Å². The van der Waals surface area contributed by atoms with Gasteiger partial charge in [-0.2, -0.15) is 13.2 Å². The van der Waals surface area contributed by atoms with E-state index >= 15 is 0 Å². The number of H-pyrrole nitrogens is 1. The van der Waals surface area contributed by atoms with Crippen LogP contribution >= 0.6 is 11.3 Å². The zero-order valence-electron chi connectivity index (χ0n) is 15.4. The predicted molar refractivity (Wildman–Crippen MR) is 107 cm³/mol. The van der Waals surface area contributed by atoms with Crippen LogP contribution in [0.5, 0.6) is 0 Å². The topological polar surface area (TPSA) is 65.1 Å². The van der Waals surface area contributed by atoms with Crippen LogP contribution in [0.4, 0.5) is 13.2 Å². The second-order valence-electron chi connectivity index (χ2n) is 6.26. The van der Waals surface area contributed by atoms with E-state index in [-0.39, 0.29) is 0 Å². The van der Waals surface area contributed by atoms with Crippen molar-refractivity contribution in [3.63, 3.8) is 0 Å². The van der Waals surface area contributed by atoms with Gasteiger partial charge in [0.1, 0.15) is 0 Å². The second-order valence-corrected chi connectivity index (χ2v) is 7.21. The molecule has 0 atom stereocenters. The first-order valence-corrected chi connectivity index (χ1v) is 9.86. The van der Waals surface area contributed by atoms with Crippen LogP contribution in [-0.2, 0) is 19.0 Å². The Morgan fingerprint density at radius 3 is 2.71 bits per heavy atom. The van der Waals surface area contributed by atoms with E-state index in [2.05, 4.69) is 37.7 Å². The van der Waals surface area contributed by atoms with Crippen molar-refractivity contribution in [2.75, 3.05) is 20.1 Å². The summed E-state index contributed by atoms with van der Waals surface area (Å²) in [4.78, 5) is 11.0. The quantitative estimate of drug-likeness (QED) is 0.314. The summed E-state index contributed by atoms with van der Waals surface area (Å²) in [6.45, 7) is 1.21. The lowest BCUT2D eigenvalue weighted by atomic mass is 10.1. The monoisotopic (exact) mass is 409 g/mol. The highest BCUT2D eigenvalue weighted by Gasteiger charge is 2.33. The van der Waals surface area contributed by atoms with Gasteiger partial charge in [-0.05, 0) is 24.5 Å². The summed E-state index contributed by atoms with van der Waals surface area (Å²) in [5.74, 6) is 0.631. The highest BCUT2D eigenvalue weighted by atomic mass is 32.1. The van der Waals surface area contributed by atoms with Crippen molar-refractivity contribution >= 4 is 28.2 Å². The van der Waals surface area contributed by atoms with Crippen molar-refractivity contribution in [2.24, 2.45) is 4.99 Å². The molecule has 150 valence electrons. The molecule has 3 rings (SSSR count). The van der Waals surface area contributed by atoms with E-state index < -0.39 is 11.9 Å². The zero-order valence-corrected chi connectivity index (χ0v) is 16.3. The number of aromatic amines is 1. The number of hydrogen-bond donors (Lipinski definition) is 3. The molecular formula is C19H22F3N5S. The van der Waals surface area contributed by atoms with Crippen LogP contribution in [0.1, 0.15) is 22.7 Å². The Morgan fingerprint density at radius 2 is 1.96 bits per heavy atom. The van der Waals surface area contributed by atoms with E-state index in [9.17, 15) is 13.2 Å². The molecule has 0 spiro atoms. The molecule has 0 aliphatic rings. The van der Waals surface area contributed by atoms with Gasteiger partial charge in [0, 0.05) is 49.0 Å². The van der Waals surface area contributed by atoms with Gasteiger partial charge in [-0.3, -0.25) is 4.99 Å². The Balaban J connectivity index is 1.38. The maximum absolute atomic E-state index is 12.6. The Morgan fingerprint density at radius 1 is 1.18 bits per heavy atom. The molecule has 28 heavy (non-hydrogen) atoms. The minimum absolute atomic E-state index is 0.413. The molecule has 0 bridgehead atoms. The highest BCUT2D eigenvalue weighted by Crippen LogP contribution is 2.30. The number of nitrogens with one attached hydrogen (secondary N) is 3. The SMILES string of the molecule is CN=C(NCCCc1c[nH]c2ccccc12)NCCc1nc(C(F)(F)F)cs1. The maximum atomic E-state index is 12.6. The molecular weight excluding hydrogens is 387 g/mol. The molecule has 0 unspecified atom stereocenters. The molecule has 3 aromatic rings. The maximum Gasteiger partial charge on any atom is 0.434 e. The largest absolute Gasteiger partial charge is 0.434 e. The number of rotatable bonds is 7. The van der Waals surface area contributed by atoms with Crippen LogP contribution < -0.4 is 10.6 Å². The third-order valence-electron chi connectivity index (χ3n) is 4.29. The summed E-state index contributed by atoms with van der Waals surface area (Å²) in [5, 5.41) is 9.08. The van der Waals surface area contributed by atoms with Crippen LogP contribution in [0, 0.1) is 0 Å². The number of benzene rings is 1. The summed E-state index contributed by atoms with van der Waals surface area (Å²) >= 11 is 1.02. The van der Waals surface area contributed by atoms with Gasteiger partial charge in [0.15, 0.2) is 11.7 Å². The molecule has 0 fully saturated rings. The van der Waals surface area contributed by atoms with Crippen LogP contribution in [0.25, 0.3) is 10.9 Å². The summed E-state index contributed by atoms with van der Waals surface area (Å²) in [7, 11) is 1.67. The predicted octanol–water partition coefficient (Wildman–Crippen LogP) is 3.98. The highest BCUT2D eigenvalue weighted by molar-refractivity contribution is 7.09. The summed E-state index contributed by atoms with van der Waals surface area (Å²) in [6, 6.07) is 8.21. The second kappa shape index (κ2) is 9.09. The Hall–Kier alpha value is -2.55. The number of aryl methyl sites for hydroxylation is 1. The van der Waals surface area contributed by atoms with E-state index in [4.69, 9.17) is 0 Å². The van der Waals surface area contributed by atoms with E-state index in [1.807, 2.05) is 18.3 Å². The van der Waals surface area contributed by atoms with E-state index in [1.165, 1.54) is 10.9 Å². The van der Waals surface area contributed by atoms with Crippen molar-refractivity contribution in [3.8, 4) is 0 Å².